The summed E-state index contributed by atoms with van der Waals surface area (Å²) >= 11 is 0. The van der Waals surface area contributed by atoms with Gasteiger partial charge in [-0.2, -0.15) is 0 Å². The van der Waals surface area contributed by atoms with Crippen LogP contribution in [0.3, 0.4) is 0 Å². The third kappa shape index (κ3) is 5.18. The van der Waals surface area contributed by atoms with Gasteiger partial charge < -0.3 is 24.6 Å². The van der Waals surface area contributed by atoms with Gasteiger partial charge in [0.2, 0.25) is 0 Å². The first-order valence-electron chi connectivity index (χ1n) is 8.03. The van der Waals surface area contributed by atoms with Gasteiger partial charge in [0.1, 0.15) is 11.8 Å². The number of aliphatic carboxylic acids is 1. The molecule has 1 aromatic carbocycles. The van der Waals surface area contributed by atoms with Gasteiger partial charge in [-0.05, 0) is 31.5 Å². The molecule has 0 unspecified atom stereocenters. The SMILES string of the molecule is CCOC(=O)[C@H](Cc1ccc(OCC)cc1)NC(=O)[C@H]1O[C@@H]1C(=O)O. The summed E-state index contributed by atoms with van der Waals surface area (Å²) in [6.45, 7) is 4.27. The van der Waals surface area contributed by atoms with Gasteiger partial charge in [0, 0.05) is 6.42 Å². The van der Waals surface area contributed by atoms with E-state index in [1.807, 2.05) is 6.92 Å². The Labute approximate surface area is 145 Å². The van der Waals surface area contributed by atoms with Gasteiger partial charge in [-0.15, -0.1) is 0 Å². The van der Waals surface area contributed by atoms with Crippen molar-refractivity contribution < 1.29 is 33.7 Å². The molecule has 0 spiro atoms. The maximum atomic E-state index is 12.1. The zero-order chi connectivity index (χ0) is 18.4. The van der Waals surface area contributed by atoms with Crippen molar-refractivity contribution in [3.63, 3.8) is 0 Å². The van der Waals surface area contributed by atoms with E-state index in [0.717, 1.165) is 5.56 Å². The van der Waals surface area contributed by atoms with Crippen molar-refractivity contribution in [1.29, 1.82) is 0 Å². The number of nitrogens with one attached hydrogen (secondary N) is 1. The molecule has 25 heavy (non-hydrogen) atoms. The molecule has 3 atom stereocenters. The highest BCUT2D eigenvalue weighted by atomic mass is 16.6. The van der Waals surface area contributed by atoms with Crippen LogP contribution in [0.5, 0.6) is 5.75 Å². The zero-order valence-corrected chi connectivity index (χ0v) is 14.1. The zero-order valence-electron chi connectivity index (χ0n) is 14.1. The van der Waals surface area contributed by atoms with Crippen LogP contribution in [-0.4, -0.2) is 54.4 Å². The Hall–Kier alpha value is -2.61. The fourth-order valence-corrected chi connectivity index (χ4v) is 2.31. The van der Waals surface area contributed by atoms with Gasteiger partial charge in [0.05, 0.1) is 13.2 Å². The monoisotopic (exact) mass is 351 g/mol. The molecule has 1 aliphatic rings. The van der Waals surface area contributed by atoms with Crippen molar-refractivity contribution in [2.45, 2.75) is 38.5 Å². The van der Waals surface area contributed by atoms with Crippen LogP contribution in [0.15, 0.2) is 24.3 Å². The smallest absolute Gasteiger partial charge is 0.336 e. The third-order valence-corrected chi connectivity index (χ3v) is 3.56. The molecule has 0 radical (unpaired) electrons. The molecule has 0 saturated carbocycles. The summed E-state index contributed by atoms with van der Waals surface area (Å²) in [6, 6.07) is 6.19. The Bertz CT molecular complexity index is 628. The molecule has 1 amide bonds. The number of carbonyl (C=O) groups excluding carboxylic acids is 2. The normalized spacial score (nSPS) is 19.6. The van der Waals surface area contributed by atoms with Crippen LogP contribution in [-0.2, 0) is 30.3 Å². The molecule has 1 heterocycles. The Morgan fingerprint density at radius 2 is 1.84 bits per heavy atom. The van der Waals surface area contributed by atoms with Crippen LogP contribution in [0.25, 0.3) is 0 Å². The van der Waals surface area contributed by atoms with E-state index in [1.54, 1.807) is 31.2 Å². The Balaban J connectivity index is 2.01. The number of carboxylic acid groups (broad SMARTS) is 1. The predicted molar refractivity (Wildman–Crippen MR) is 86.2 cm³/mol. The number of epoxide rings is 1. The van der Waals surface area contributed by atoms with Crippen molar-refractivity contribution in [3.05, 3.63) is 29.8 Å². The Morgan fingerprint density at radius 3 is 2.36 bits per heavy atom. The van der Waals surface area contributed by atoms with Gasteiger partial charge in [-0.25, -0.2) is 9.59 Å². The average molecular weight is 351 g/mol. The van der Waals surface area contributed by atoms with Gasteiger partial charge in [0.25, 0.3) is 5.91 Å². The summed E-state index contributed by atoms with van der Waals surface area (Å²) in [5.74, 6) is -1.73. The topological polar surface area (TPSA) is 114 Å². The van der Waals surface area contributed by atoms with E-state index in [2.05, 4.69) is 5.32 Å². The van der Waals surface area contributed by atoms with E-state index in [0.29, 0.717) is 12.4 Å². The van der Waals surface area contributed by atoms with Crippen molar-refractivity contribution in [3.8, 4) is 5.75 Å². The minimum absolute atomic E-state index is 0.173. The molecule has 2 N–H and O–H groups in total. The van der Waals surface area contributed by atoms with Crippen molar-refractivity contribution >= 4 is 17.8 Å². The number of esters is 1. The van der Waals surface area contributed by atoms with E-state index < -0.39 is 36.1 Å². The standard InChI is InChI=1S/C17H21NO7/c1-3-23-11-7-5-10(6-8-11)9-12(17(22)24-4-2)18-15(19)13-14(25-13)16(20)21/h5-8,12-14H,3-4,9H2,1-2H3,(H,18,19)(H,20,21)/t12-,13-,14-/m0/s1. The fraction of sp³-hybridized carbons (Fsp3) is 0.471. The van der Waals surface area contributed by atoms with Crippen LogP contribution >= 0.6 is 0 Å². The first-order chi connectivity index (χ1) is 12.0. The average Bonchev–Trinajstić information content (AvgIpc) is 3.37. The minimum Gasteiger partial charge on any atom is -0.494 e. The number of rotatable bonds is 9. The summed E-state index contributed by atoms with van der Waals surface area (Å²) < 4.78 is 15.1. The number of ether oxygens (including phenoxy) is 3. The molecule has 0 aromatic heterocycles. The largest absolute Gasteiger partial charge is 0.494 e. The van der Waals surface area contributed by atoms with E-state index in [-0.39, 0.29) is 13.0 Å². The van der Waals surface area contributed by atoms with Crippen molar-refractivity contribution in [2.24, 2.45) is 0 Å². The lowest BCUT2D eigenvalue weighted by molar-refractivity contribution is -0.147. The number of carboxylic acids is 1. The summed E-state index contributed by atoms with van der Waals surface area (Å²) in [5, 5.41) is 11.3. The second-order valence-corrected chi connectivity index (χ2v) is 5.41. The second-order valence-electron chi connectivity index (χ2n) is 5.41. The van der Waals surface area contributed by atoms with E-state index >= 15 is 0 Å². The molecule has 8 heteroatoms. The molecule has 0 aliphatic carbocycles. The van der Waals surface area contributed by atoms with Gasteiger partial charge in [0.15, 0.2) is 12.2 Å². The molecular formula is C17H21NO7. The highest BCUT2D eigenvalue weighted by molar-refractivity contribution is 5.94. The van der Waals surface area contributed by atoms with Crippen LogP contribution in [0, 0.1) is 0 Å². The highest BCUT2D eigenvalue weighted by Crippen LogP contribution is 2.22. The first kappa shape index (κ1) is 18.7. The van der Waals surface area contributed by atoms with Gasteiger partial charge >= 0.3 is 11.9 Å². The van der Waals surface area contributed by atoms with Gasteiger partial charge in [-0.3, -0.25) is 4.79 Å². The van der Waals surface area contributed by atoms with Crippen molar-refractivity contribution in [1.82, 2.24) is 5.32 Å². The van der Waals surface area contributed by atoms with Crippen LogP contribution in [0.2, 0.25) is 0 Å². The number of hydrogen-bond donors (Lipinski definition) is 2. The number of benzene rings is 1. The van der Waals surface area contributed by atoms with Crippen LogP contribution in [0.1, 0.15) is 19.4 Å². The lowest BCUT2D eigenvalue weighted by atomic mass is 10.1. The summed E-state index contributed by atoms with van der Waals surface area (Å²) in [7, 11) is 0. The maximum Gasteiger partial charge on any atom is 0.336 e. The molecule has 1 aliphatic heterocycles. The minimum atomic E-state index is -1.21. The molecule has 1 aromatic rings. The van der Waals surface area contributed by atoms with Crippen LogP contribution < -0.4 is 10.1 Å². The maximum absolute atomic E-state index is 12.1. The van der Waals surface area contributed by atoms with E-state index in [1.165, 1.54) is 0 Å². The highest BCUT2D eigenvalue weighted by Gasteiger charge is 2.51. The predicted octanol–water partition coefficient (Wildman–Crippen LogP) is 0.528. The Kier molecular flexibility index (Phi) is 6.35. The number of carbonyl (C=O) groups is 3. The number of hydrogen-bond acceptors (Lipinski definition) is 6. The summed E-state index contributed by atoms with van der Waals surface area (Å²) in [4.78, 5) is 34.9. The molecule has 136 valence electrons. The lowest BCUT2D eigenvalue weighted by Crippen LogP contribution is -2.45. The Morgan fingerprint density at radius 1 is 1.16 bits per heavy atom. The lowest BCUT2D eigenvalue weighted by Gasteiger charge is -2.17. The van der Waals surface area contributed by atoms with Crippen molar-refractivity contribution in [2.75, 3.05) is 13.2 Å². The fourth-order valence-electron chi connectivity index (χ4n) is 2.31. The van der Waals surface area contributed by atoms with Gasteiger partial charge in [-0.1, -0.05) is 12.1 Å². The van der Waals surface area contributed by atoms with E-state index in [9.17, 15) is 14.4 Å². The number of amides is 1. The molecule has 1 saturated heterocycles. The summed E-state index contributed by atoms with van der Waals surface area (Å²) in [6.07, 6.45) is -2.02. The molecule has 0 bridgehead atoms. The molecule has 8 nitrogen and oxygen atoms in total. The van der Waals surface area contributed by atoms with Crippen LogP contribution in [0.4, 0.5) is 0 Å². The molecule has 1 fully saturated rings. The van der Waals surface area contributed by atoms with E-state index in [4.69, 9.17) is 19.3 Å². The third-order valence-electron chi connectivity index (χ3n) is 3.56. The first-order valence-corrected chi connectivity index (χ1v) is 8.03. The molecular weight excluding hydrogens is 330 g/mol. The molecule has 2 rings (SSSR count). The second kappa shape index (κ2) is 8.48. The quantitative estimate of drug-likeness (QED) is 0.492. The summed E-state index contributed by atoms with van der Waals surface area (Å²) in [5.41, 5.74) is 0.799.